The Morgan fingerprint density at radius 2 is 2.05 bits per heavy atom. The zero-order valence-electron chi connectivity index (χ0n) is 13.1. The molecule has 0 saturated carbocycles. The van der Waals surface area contributed by atoms with E-state index in [-0.39, 0.29) is 12.6 Å². The zero-order chi connectivity index (χ0) is 15.6. The smallest absolute Gasteiger partial charge is 0.279 e. The summed E-state index contributed by atoms with van der Waals surface area (Å²) in [5.74, 6) is 0. The Kier molecular flexibility index (Phi) is 9.37. The van der Waals surface area contributed by atoms with Crippen LogP contribution in [0.25, 0.3) is 0 Å². The standard InChI is InChI=1S/C13H29N3O4S/c1-3-14-12-13-6-4-5-8-16(13)21(17,18)15-7-9-20-11-10-19-2/h13-15H,3-12H2,1-2H3. The van der Waals surface area contributed by atoms with Gasteiger partial charge in [0.2, 0.25) is 0 Å². The van der Waals surface area contributed by atoms with E-state index in [1.54, 1.807) is 11.4 Å². The molecule has 1 aliphatic heterocycles. The van der Waals surface area contributed by atoms with Gasteiger partial charge in [0.05, 0.1) is 19.8 Å². The highest BCUT2D eigenvalue weighted by Gasteiger charge is 2.31. The molecular weight excluding hydrogens is 294 g/mol. The van der Waals surface area contributed by atoms with E-state index in [0.717, 1.165) is 25.8 Å². The van der Waals surface area contributed by atoms with Crippen LogP contribution in [-0.2, 0) is 19.7 Å². The van der Waals surface area contributed by atoms with Crippen LogP contribution in [0.15, 0.2) is 0 Å². The average molecular weight is 323 g/mol. The molecule has 1 unspecified atom stereocenters. The van der Waals surface area contributed by atoms with Crippen molar-refractivity contribution in [3.63, 3.8) is 0 Å². The monoisotopic (exact) mass is 323 g/mol. The summed E-state index contributed by atoms with van der Waals surface area (Å²) in [4.78, 5) is 0. The Balaban J connectivity index is 2.39. The largest absolute Gasteiger partial charge is 0.382 e. The number of nitrogens with zero attached hydrogens (tertiary/aromatic N) is 1. The van der Waals surface area contributed by atoms with Gasteiger partial charge in [-0.15, -0.1) is 0 Å². The Bertz CT molecular complexity index is 364. The molecule has 1 rings (SSSR count). The first-order valence-electron chi connectivity index (χ1n) is 7.65. The van der Waals surface area contributed by atoms with Gasteiger partial charge >= 0.3 is 0 Å². The molecule has 0 amide bonds. The van der Waals surface area contributed by atoms with E-state index in [2.05, 4.69) is 10.0 Å². The van der Waals surface area contributed by atoms with E-state index in [4.69, 9.17) is 9.47 Å². The molecule has 21 heavy (non-hydrogen) atoms. The molecule has 0 aromatic rings. The van der Waals surface area contributed by atoms with Crippen molar-refractivity contribution in [1.29, 1.82) is 0 Å². The van der Waals surface area contributed by atoms with Gasteiger partial charge < -0.3 is 14.8 Å². The lowest BCUT2D eigenvalue weighted by molar-refractivity contribution is 0.0734. The van der Waals surface area contributed by atoms with E-state index in [9.17, 15) is 8.42 Å². The van der Waals surface area contributed by atoms with E-state index in [0.29, 0.717) is 32.9 Å². The summed E-state index contributed by atoms with van der Waals surface area (Å²) in [5.41, 5.74) is 0. The number of hydrogen-bond acceptors (Lipinski definition) is 5. The number of nitrogens with one attached hydrogen (secondary N) is 2. The van der Waals surface area contributed by atoms with Crippen molar-refractivity contribution in [3.05, 3.63) is 0 Å². The molecule has 2 N–H and O–H groups in total. The van der Waals surface area contributed by atoms with Crippen molar-refractivity contribution in [3.8, 4) is 0 Å². The molecule has 8 heteroatoms. The summed E-state index contributed by atoms with van der Waals surface area (Å²) in [6, 6.07) is 0.0469. The molecule has 126 valence electrons. The van der Waals surface area contributed by atoms with Crippen molar-refractivity contribution in [1.82, 2.24) is 14.3 Å². The van der Waals surface area contributed by atoms with Crippen LogP contribution in [0.4, 0.5) is 0 Å². The molecule has 1 atom stereocenters. The molecule has 1 saturated heterocycles. The van der Waals surface area contributed by atoms with Crippen molar-refractivity contribution < 1.29 is 17.9 Å². The highest BCUT2D eigenvalue weighted by molar-refractivity contribution is 7.87. The van der Waals surface area contributed by atoms with E-state index in [1.165, 1.54) is 0 Å². The summed E-state index contributed by atoms with van der Waals surface area (Å²) in [5, 5.41) is 3.24. The first kappa shape index (κ1) is 18.8. The lowest BCUT2D eigenvalue weighted by atomic mass is 10.1. The molecular formula is C13H29N3O4S. The summed E-state index contributed by atoms with van der Waals surface area (Å²) in [7, 11) is -1.82. The molecule has 0 spiro atoms. The average Bonchev–Trinajstić information content (AvgIpc) is 2.49. The first-order valence-corrected chi connectivity index (χ1v) is 9.09. The van der Waals surface area contributed by atoms with Gasteiger partial charge in [0.25, 0.3) is 10.2 Å². The first-order chi connectivity index (χ1) is 10.1. The van der Waals surface area contributed by atoms with Gasteiger partial charge in [-0.25, -0.2) is 0 Å². The Labute approximate surface area is 128 Å². The molecule has 1 aliphatic rings. The molecule has 0 bridgehead atoms. The Hall–Kier alpha value is -0.250. The van der Waals surface area contributed by atoms with Crippen LogP contribution < -0.4 is 10.0 Å². The number of piperidine rings is 1. The minimum absolute atomic E-state index is 0.0469. The molecule has 1 heterocycles. The molecule has 0 aromatic heterocycles. The third-order valence-corrected chi connectivity index (χ3v) is 5.14. The third kappa shape index (κ3) is 7.03. The van der Waals surface area contributed by atoms with Gasteiger partial charge in [0.15, 0.2) is 0 Å². The van der Waals surface area contributed by atoms with Gasteiger partial charge in [-0.3, -0.25) is 0 Å². The van der Waals surface area contributed by atoms with Crippen LogP contribution in [0.1, 0.15) is 26.2 Å². The van der Waals surface area contributed by atoms with Crippen molar-refractivity contribution in [2.45, 2.75) is 32.2 Å². The predicted molar refractivity (Wildman–Crippen MR) is 82.5 cm³/mol. The molecule has 0 aromatic carbocycles. The maximum atomic E-state index is 12.4. The third-order valence-electron chi connectivity index (χ3n) is 3.47. The fourth-order valence-electron chi connectivity index (χ4n) is 2.38. The number of likely N-dealkylation sites (N-methyl/N-ethyl adjacent to an activating group) is 1. The number of hydrogen-bond donors (Lipinski definition) is 2. The van der Waals surface area contributed by atoms with Crippen LogP contribution in [0.2, 0.25) is 0 Å². The van der Waals surface area contributed by atoms with E-state index >= 15 is 0 Å². The van der Waals surface area contributed by atoms with Gasteiger partial charge in [0, 0.05) is 32.8 Å². The fourth-order valence-corrected chi connectivity index (χ4v) is 3.82. The highest BCUT2D eigenvalue weighted by Crippen LogP contribution is 2.19. The van der Waals surface area contributed by atoms with E-state index in [1.807, 2.05) is 6.92 Å². The summed E-state index contributed by atoms with van der Waals surface area (Å²) in [6.07, 6.45) is 2.92. The number of rotatable bonds is 11. The second-order valence-corrected chi connectivity index (χ2v) is 6.78. The van der Waals surface area contributed by atoms with E-state index < -0.39 is 10.2 Å². The summed E-state index contributed by atoms with van der Waals surface area (Å²) < 4.78 is 39.0. The molecule has 1 fully saturated rings. The Morgan fingerprint density at radius 3 is 2.76 bits per heavy atom. The minimum atomic E-state index is -3.42. The summed E-state index contributed by atoms with van der Waals surface area (Å²) >= 11 is 0. The van der Waals surface area contributed by atoms with Gasteiger partial charge in [-0.2, -0.15) is 17.4 Å². The summed E-state index contributed by atoms with van der Waals surface area (Å²) in [6.45, 7) is 5.82. The maximum absolute atomic E-state index is 12.4. The van der Waals surface area contributed by atoms with Crippen LogP contribution in [0, 0.1) is 0 Å². The topological polar surface area (TPSA) is 79.9 Å². The quantitative estimate of drug-likeness (QED) is 0.521. The van der Waals surface area contributed by atoms with Crippen molar-refractivity contribution in [2.24, 2.45) is 0 Å². The van der Waals surface area contributed by atoms with Crippen LogP contribution in [-0.4, -0.2) is 71.9 Å². The molecule has 0 radical (unpaired) electrons. The Morgan fingerprint density at radius 1 is 1.24 bits per heavy atom. The second kappa shape index (κ2) is 10.5. The lowest BCUT2D eigenvalue weighted by Gasteiger charge is -2.34. The zero-order valence-corrected chi connectivity index (χ0v) is 14.0. The molecule has 0 aliphatic carbocycles. The second-order valence-electron chi connectivity index (χ2n) is 5.07. The van der Waals surface area contributed by atoms with Crippen molar-refractivity contribution >= 4 is 10.2 Å². The SMILES string of the molecule is CCNCC1CCCCN1S(=O)(=O)NCCOCCOC. The highest BCUT2D eigenvalue weighted by atomic mass is 32.2. The molecule has 7 nitrogen and oxygen atoms in total. The van der Waals surface area contributed by atoms with Gasteiger partial charge in [0.1, 0.15) is 0 Å². The normalized spacial score (nSPS) is 20.8. The number of ether oxygens (including phenoxy) is 2. The lowest BCUT2D eigenvalue weighted by Crippen LogP contribution is -2.52. The van der Waals surface area contributed by atoms with Gasteiger partial charge in [-0.05, 0) is 19.4 Å². The maximum Gasteiger partial charge on any atom is 0.279 e. The fraction of sp³-hybridized carbons (Fsp3) is 1.00. The minimum Gasteiger partial charge on any atom is -0.382 e. The number of methoxy groups -OCH3 is 1. The van der Waals surface area contributed by atoms with Crippen molar-refractivity contribution in [2.75, 3.05) is 53.1 Å². The van der Waals surface area contributed by atoms with Crippen LogP contribution in [0.3, 0.4) is 0 Å². The van der Waals surface area contributed by atoms with Gasteiger partial charge in [-0.1, -0.05) is 13.3 Å². The van der Waals surface area contributed by atoms with Crippen LogP contribution >= 0.6 is 0 Å². The van der Waals surface area contributed by atoms with Crippen LogP contribution in [0.5, 0.6) is 0 Å². The predicted octanol–water partition coefficient (Wildman–Crippen LogP) is -0.0522.